The Balaban J connectivity index is 2.32. The first-order valence-corrected chi connectivity index (χ1v) is 6.13. The highest BCUT2D eigenvalue weighted by Gasteiger charge is 2.07. The Morgan fingerprint density at radius 2 is 2.21 bits per heavy atom. The van der Waals surface area contributed by atoms with Crippen LogP contribution in [0.3, 0.4) is 0 Å². The lowest BCUT2D eigenvalue weighted by Crippen LogP contribution is -2.22. The maximum Gasteiger partial charge on any atom is 0.344 e. The van der Waals surface area contributed by atoms with Gasteiger partial charge >= 0.3 is 5.97 Å². The first-order valence-electron chi connectivity index (χ1n) is 5.37. The number of nitrogens with zero attached hydrogens (tertiary/aromatic N) is 2. The minimum absolute atomic E-state index is 0.126. The van der Waals surface area contributed by atoms with E-state index in [0.29, 0.717) is 22.3 Å². The molecule has 0 aromatic heterocycles. The van der Waals surface area contributed by atoms with Crippen molar-refractivity contribution in [3.63, 3.8) is 0 Å². The molecule has 0 N–H and O–H groups in total. The molecule has 0 aliphatic carbocycles. The molecule has 0 bridgehead atoms. The van der Waals surface area contributed by atoms with Crippen molar-refractivity contribution in [2.24, 2.45) is 0 Å². The van der Waals surface area contributed by atoms with Crippen LogP contribution in [0.1, 0.15) is 0 Å². The Bertz CT molecular complexity index is 488. The molecule has 102 valence electrons. The summed E-state index contributed by atoms with van der Waals surface area (Å²) in [4.78, 5) is 12.7. The minimum Gasteiger partial charge on any atom is -0.480 e. The Labute approximate surface area is 121 Å². The molecule has 0 radical (unpaired) electrons. The fourth-order valence-corrected chi connectivity index (χ4v) is 1.58. The second-order valence-corrected chi connectivity index (χ2v) is 4.45. The largest absolute Gasteiger partial charge is 0.480 e. The average molecular weight is 303 g/mol. The summed E-state index contributed by atoms with van der Waals surface area (Å²) in [6.07, 6.45) is 1.89. The maximum atomic E-state index is 11.3. The SMILES string of the molecule is CN(C#N)CCOC(=O)COc1ccc(Cl)cc1Cl. The predicted molar refractivity (Wildman–Crippen MR) is 71.2 cm³/mol. The highest BCUT2D eigenvalue weighted by atomic mass is 35.5. The summed E-state index contributed by atoms with van der Waals surface area (Å²) in [5.74, 6) is -0.172. The smallest absolute Gasteiger partial charge is 0.344 e. The second-order valence-electron chi connectivity index (χ2n) is 3.61. The number of carbonyl (C=O) groups excluding carboxylic acids is 1. The monoisotopic (exact) mass is 302 g/mol. The number of carbonyl (C=O) groups is 1. The quantitative estimate of drug-likeness (QED) is 0.458. The van der Waals surface area contributed by atoms with E-state index < -0.39 is 5.97 Å². The van der Waals surface area contributed by atoms with Crippen molar-refractivity contribution in [3.8, 4) is 11.9 Å². The average Bonchev–Trinajstić information content (AvgIpc) is 2.37. The number of hydrogen-bond acceptors (Lipinski definition) is 5. The lowest BCUT2D eigenvalue weighted by Gasteiger charge is -2.10. The van der Waals surface area contributed by atoms with Gasteiger partial charge in [0.05, 0.1) is 11.6 Å². The first-order chi connectivity index (χ1) is 9.02. The van der Waals surface area contributed by atoms with Crippen LogP contribution in [0, 0.1) is 11.5 Å². The van der Waals surface area contributed by atoms with Crippen LogP contribution in [-0.2, 0) is 9.53 Å². The van der Waals surface area contributed by atoms with Crippen LogP contribution in [0.5, 0.6) is 5.75 Å². The Morgan fingerprint density at radius 1 is 1.47 bits per heavy atom. The second kappa shape index (κ2) is 7.72. The van der Waals surface area contributed by atoms with E-state index >= 15 is 0 Å². The molecule has 0 atom stereocenters. The zero-order valence-electron chi connectivity index (χ0n) is 10.2. The molecule has 5 nitrogen and oxygen atoms in total. The van der Waals surface area contributed by atoms with Gasteiger partial charge in [-0.3, -0.25) is 0 Å². The lowest BCUT2D eigenvalue weighted by atomic mass is 10.3. The molecule has 1 aromatic carbocycles. The third kappa shape index (κ3) is 5.69. The molecule has 0 amide bonds. The van der Waals surface area contributed by atoms with Gasteiger partial charge in [0.2, 0.25) is 0 Å². The van der Waals surface area contributed by atoms with E-state index in [1.54, 1.807) is 19.2 Å². The van der Waals surface area contributed by atoms with Crippen molar-refractivity contribution in [2.45, 2.75) is 0 Å². The summed E-state index contributed by atoms with van der Waals surface area (Å²) in [6.45, 7) is 0.210. The van der Waals surface area contributed by atoms with Gasteiger partial charge in [0.1, 0.15) is 12.4 Å². The summed E-state index contributed by atoms with van der Waals surface area (Å²) in [6, 6.07) is 4.70. The molecule has 0 unspecified atom stereocenters. The van der Waals surface area contributed by atoms with Crippen LogP contribution in [0.4, 0.5) is 0 Å². The molecule has 0 spiro atoms. The minimum atomic E-state index is -0.530. The molecular formula is C12H12Cl2N2O3. The van der Waals surface area contributed by atoms with E-state index in [0.717, 1.165) is 0 Å². The fourth-order valence-electron chi connectivity index (χ4n) is 1.12. The van der Waals surface area contributed by atoms with E-state index in [1.807, 2.05) is 6.19 Å². The van der Waals surface area contributed by atoms with Crippen molar-refractivity contribution in [1.82, 2.24) is 4.90 Å². The highest BCUT2D eigenvalue weighted by molar-refractivity contribution is 6.35. The number of benzene rings is 1. The third-order valence-corrected chi connectivity index (χ3v) is 2.63. The predicted octanol–water partition coefficient (Wildman–Crippen LogP) is 2.33. The van der Waals surface area contributed by atoms with Gasteiger partial charge in [0, 0.05) is 12.1 Å². The Kier molecular flexibility index (Phi) is 6.26. The van der Waals surface area contributed by atoms with Crippen LogP contribution < -0.4 is 4.74 Å². The molecule has 0 aliphatic rings. The zero-order chi connectivity index (χ0) is 14.3. The molecular weight excluding hydrogens is 291 g/mol. The van der Waals surface area contributed by atoms with Crippen molar-refractivity contribution in [2.75, 3.05) is 26.8 Å². The number of halogens is 2. The number of esters is 1. The van der Waals surface area contributed by atoms with Gasteiger partial charge in [-0.05, 0) is 18.2 Å². The highest BCUT2D eigenvalue weighted by Crippen LogP contribution is 2.27. The number of nitriles is 1. The van der Waals surface area contributed by atoms with Crippen LogP contribution >= 0.6 is 23.2 Å². The van der Waals surface area contributed by atoms with Gasteiger partial charge in [0.25, 0.3) is 0 Å². The number of ether oxygens (including phenoxy) is 2. The molecule has 0 heterocycles. The summed E-state index contributed by atoms with van der Waals surface area (Å²) in [7, 11) is 1.60. The maximum absolute atomic E-state index is 11.3. The summed E-state index contributed by atoms with van der Waals surface area (Å²) < 4.78 is 10.1. The van der Waals surface area contributed by atoms with Gasteiger partial charge in [-0.2, -0.15) is 5.26 Å². The van der Waals surface area contributed by atoms with Gasteiger partial charge < -0.3 is 14.4 Å². The molecule has 0 saturated carbocycles. The Morgan fingerprint density at radius 3 is 2.84 bits per heavy atom. The molecule has 7 heteroatoms. The van der Waals surface area contributed by atoms with Crippen LogP contribution in [0.2, 0.25) is 10.0 Å². The van der Waals surface area contributed by atoms with Crippen molar-refractivity contribution < 1.29 is 14.3 Å². The topological polar surface area (TPSA) is 62.6 Å². The lowest BCUT2D eigenvalue weighted by molar-refractivity contribution is -0.146. The third-order valence-electron chi connectivity index (χ3n) is 2.10. The summed E-state index contributed by atoms with van der Waals surface area (Å²) in [5, 5.41) is 9.30. The molecule has 0 aliphatic heterocycles. The van der Waals surface area contributed by atoms with E-state index in [9.17, 15) is 4.79 Å². The standard InChI is InChI=1S/C12H12Cl2N2O3/c1-16(8-15)4-5-18-12(17)7-19-11-3-2-9(13)6-10(11)14/h2-3,6H,4-5,7H2,1H3. The zero-order valence-corrected chi connectivity index (χ0v) is 11.7. The van der Waals surface area contributed by atoms with Crippen molar-refractivity contribution in [3.05, 3.63) is 28.2 Å². The molecule has 1 rings (SSSR count). The van der Waals surface area contributed by atoms with Crippen LogP contribution in [-0.4, -0.2) is 37.7 Å². The van der Waals surface area contributed by atoms with Crippen LogP contribution in [0.15, 0.2) is 18.2 Å². The van der Waals surface area contributed by atoms with Gasteiger partial charge in [-0.25, -0.2) is 4.79 Å². The van der Waals surface area contributed by atoms with Gasteiger partial charge in [-0.1, -0.05) is 23.2 Å². The van der Waals surface area contributed by atoms with Gasteiger partial charge in [-0.15, -0.1) is 0 Å². The van der Waals surface area contributed by atoms with Crippen molar-refractivity contribution >= 4 is 29.2 Å². The summed E-state index contributed by atoms with van der Waals surface area (Å²) >= 11 is 11.6. The molecule has 0 fully saturated rings. The normalized spacial score (nSPS) is 9.58. The fraction of sp³-hybridized carbons (Fsp3) is 0.333. The molecule has 19 heavy (non-hydrogen) atoms. The first kappa shape index (κ1) is 15.4. The van der Waals surface area contributed by atoms with Crippen molar-refractivity contribution in [1.29, 1.82) is 5.26 Å². The van der Waals surface area contributed by atoms with Crippen LogP contribution in [0.25, 0.3) is 0 Å². The number of likely N-dealkylation sites (N-methyl/N-ethyl adjacent to an activating group) is 1. The number of hydrogen-bond donors (Lipinski definition) is 0. The van der Waals surface area contributed by atoms with E-state index in [2.05, 4.69) is 0 Å². The van der Waals surface area contributed by atoms with E-state index in [4.69, 9.17) is 37.9 Å². The van der Waals surface area contributed by atoms with Gasteiger partial charge in [0.15, 0.2) is 12.8 Å². The van der Waals surface area contributed by atoms with E-state index in [-0.39, 0.29) is 13.2 Å². The van der Waals surface area contributed by atoms with E-state index in [1.165, 1.54) is 11.0 Å². The summed E-state index contributed by atoms with van der Waals surface area (Å²) in [5.41, 5.74) is 0. The Hall–Kier alpha value is -1.64. The number of rotatable bonds is 6. The molecule has 0 saturated heterocycles. The molecule has 1 aromatic rings.